The Morgan fingerprint density at radius 2 is 1.40 bits per heavy atom. The van der Waals surface area contributed by atoms with Crippen LogP contribution in [0.2, 0.25) is 0 Å². The summed E-state index contributed by atoms with van der Waals surface area (Å²) < 4.78 is 0.598. The molecule has 0 saturated carbocycles. The zero-order chi connectivity index (χ0) is 7.61. The smallest absolute Gasteiger partial charge is 0.0444 e. The minimum atomic E-state index is 0.598. The molecule has 0 aromatic carbocycles. The fourth-order valence-electron chi connectivity index (χ4n) is 1.44. The van der Waals surface area contributed by atoms with E-state index in [0.717, 1.165) is 10.9 Å². The fourth-order valence-corrected chi connectivity index (χ4v) is 3.98. The van der Waals surface area contributed by atoms with E-state index < -0.39 is 0 Å². The van der Waals surface area contributed by atoms with Crippen molar-refractivity contribution < 1.29 is 0 Å². The average Bonchev–Trinajstić information content (AvgIpc) is 1.88. The van der Waals surface area contributed by atoms with Crippen LogP contribution in [0.1, 0.15) is 40.0 Å². The maximum Gasteiger partial charge on any atom is 0.119 e. The van der Waals surface area contributed by atoms with Gasteiger partial charge in [-0.1, -0.05) is 0 Å². The molecular formula is C9H19S+. The molecule has 0 unspecified atom stereocenters. The standard InChI is InChI=1S/C9H19S/c1-9(2,3)10-7-5-4-6-8-10/h4-8H2,1-3H3/q+1. The molecule has 0 bridgehead atoms. The van der Waals surface area contributed by atoms with Crippen LogP contribution in [0.15, 0.2) is 0 Å². The minimum absolute atomic E-state index is 0.598. The highest BCUT2D eigenvalue weighted by atomic mass is 32.2. The predicted octanol–water partition coefficient (Wildman–Crippen LogP) is 2.59. The van der Waals surface area contributed by atoms with Gasteiger partial charge in [0.05, 0.1) is 0 Å². The molecule has 1 aliphatic heterocycles. The lowest BCUT2D eigenvalue weighted by atomic mass is 10.2. The van der Waals surface area contributed by atoms with Gasteiger partial charge < -0.3 is 0 Å². The highest BCUT2D eigenvalue weighted by molar-refractivity contribution is 7.98. The molecule has 0 nitrogen and oxygen atoms in total. The second kappa shape index (κ2) is 3.17. The summed E-state index contributed by atoms with van der Waals surface area (Å²) in [4.78, 5) is 0. The van der Waals surface area contributed by atoms with Crippen molar-refractivity contribution in [3.8, 4) is 0 Å². The molecule has 0 aliphatic carbocycles. The summed E-state index contributed by atoms with van der Waals surface area (Å²) in [5.74, 6) is 3.01. The van der Waals surface area contributed by atoms with E-state index in [-0.39, 0.29) is 0 Å². The lowest BCUT2D eigenvalue weighted by Crippen LogP contribution is -2.35. The third-order valence-electron chi connectivity index (χ3n) is 2.15. The van der Waals surface area contributed by atoms with Gasteiger partial charge in [0.1, 0.15) is 16.3 Å². The molecule has 0 aromatic heterocycles. The van der Waals surface area contributed by atoms with E-state index >= 15 is 0 Å². The van der Waals surface area contributed by atoms with Gasteiger partial charge in [-0.05, 0) is 50.9 Å². The molecule has 0 radical (unpaired) electrons. The van der Waals surface area contributed by atoms with Crippen molar-refractivity contribution in [1.82, 2.24) is 0 Å². The molecular weight excluding hydrogens is 140 g/mol. The van der Waals surface area contributed by atoms with Gasteiger partial charge in [0, 0.05) is 0 Å². The molecule has 0 amide bonds. The SMILES string of the molecule is CC(C)(C)[S+]1CCCCC1. The number of hydrogen-bond donors (Lipinski definition) is 0. The first kappa shape index (κ1) is 8.45. The Bertz CT molecular complexity index is 95.8. The van der Waals surface area contributed by atoms with Crippen molar-refractivity contribution in [1.29, 1.82) is 0 Å². The van der Waals surface area contributed by atoms with Crippen molar-refractivity contribution in [3.05, 3.63) is 0 Å². The van der Waals surface area contributed by atoms with Crippen molar-refractivity contribution in [2.45, 2.75) is 44.8 Å². The third-order valence-corrected chi connectivity index (χ3v) is 5.44. The van der Waals surface area contributed by atoms with E-state index in [1.807, 2.05) is 0 Å². The maximum atomic E-state index is 2.39. The Morgan fingerprint density at radius 1 is 0.900 bits per heavy atom. The second-order valence-corrected chi connectivity index (χ2v) is 7.10. The van der Waals surface area contributed by atoms with Gasteiger partial charge in [-0.25, -0.2) is 0 Å². The molecule has 1 saturated heterocycles. The molecule has 1 heterocycles. The van der Waals surface area contributed by atoms with Crippen LogP contribution in [0.5, 0.6) is 0 Å². The Morgan fingerprint density at radius 3 is 1.70 bits per heavy atom. The molecule has 60 valence electrons. The zero-order valence-corrected chi connectivity index (χ0v) is 8.26. The third kappa shape index (κ3) is 2.19. The first-order valence-corrected chi connectivity index (χ1v) is 5.84. The summed E-state index contributed by atoms with van der Waals surface area (Å²) in [6.45, 7) is 7.17. The van der Waals surface area contributed by atoms with E-state index in [2.05, 4.69) is 20.8 Å². The largest absolute Gasteiger partial charge is 0.119 e. The highest BCUT2D eigenvalue weighted by Crippen LogP contribution is 2.25. The maximum absolute atomic E-state index is 2.39. The Balaban J connectivity index is 2.39. The quantitative estimate of drug-likeness (QED) is 0.477. The van der Waals surface area contributed by atoms with Gasteiger partial charge in [-0.3, -0.25) is 0 Å². The van der Waals surface area contributed by atoms with Crippen LogP contribution in [-0.4, -0.2) is 16.3 Å². The van der Waals surface area contributed by atoms with E-state index in [4.69, 9.17) is 0 Å². The summed E-state index contributed by atoms with van der Waals surface area (Å²) in [6.07, 6.45) is 4.46. The normalized spacial score (nSPS) is 23.1. The predicted molar refractivity (Wildman–Crippen MR) is 50.7 cm³/mol. The van der Waals surface area contributed by atoms with E-state index in [0.29, 0.717) is 4.75 Å². The van der Waals surface area contributed by atoms with E-state index in [1.165, 1.54) is 30.8 Å². The Kier molecular flexibility index (Phi) is 2.67. The molecule has 0 spiro atoms. The second-order valence-electron chi connectivity index (χ2n) is 4.07. The van der Waals surface area contributed by atoms with Gasteiger partial charge in [-0.2, -0.15) is 0 Å². The van der Waals surface area contributed by atoms with Crippen molar-refractivity contribution in [2.24, 2.45) is 0 Å². The highest BCUT2D eigenvalue weighted by Gasteiger charge is 2.34. The molecule has 0 atom stereocenters. The number of hydrogen-bond acceptors (Lipinski definition) is 0. The summed E-state index contributed by atoms with van der Waals surface area (Å²) >= 11 is 0. The van der Waals surface area contributed by atoms with Crippen LogP contribution in [0.4, 0.5) is 0 Å². The first-order chi connectivity index (χ1) is 4.61. The summed E-state index contributed by atoms with van der Waals surface area (Å²) in [5.41, 5.74) is 0. The molecule has 1 rings (SSSR count). The minimum Gasteiger partial charge on any atom is -0.0444 e. The van der Waals surface area contributed by atoms with Crippen molar-refractivity contribution in [3.63, 3.8) is 0 Å². The van der Waals surface area contributed by atoms with Gasteiger partial charge in [-0.15, -0.1) is 0 Å². The van der Waals surface area contributed by atoms with Gasteiger partial charge in [0.2, 0.25) is 0 Å². The van der Waals surface area contributed by atoms with E-state index in [1.54, 1.807) is 0 Å². The summed E-state index contributed by atoms with van der Waals surface area (Å²) in [7, 11) is 0.738. The monoisotopic (exact) mass is 159 g/mol. The van der Waals surface area contributed by atoms with Crippen LogP contribution in [-0.2, 0) is 10.9 Å². The lowest BCUT2D eigenvalue weighted by Gasteiger charge is -2.24. The Labute approximate surface area is 67.7 Å². The number of rotatable bonds is 0. The zero-order valence-electron chi connectivity index (χ0n) is 7.44. The van der Waals surface area contributed by atoms with Crippen LogP contribution in [0.25, 0.3) is 0 Å². The van der Waals surface area contributed by atoms with Gasteiger partial charge >= 0.3 is 0 Å². The molecule has 1 aliphatic rings. The molecule has 10 heavy (non-hydrogen) atoms. The first-order valence-electron chi connectivity index (χ1n) is 4.28. The molecule has 0 aromatic rings. The topological polar surface area (TPSA) is 0 Å². The summed E-state index contributed by atoms with van der Waals surface area (Å²) in [5, 5.41) is 0. The van der Waals surface area contributed by atoms with Crippen LogP contribution in [0, 0.1) is 0 Å². The van der Waals surface area contributed by atoms with Gasteiger partial charge in [0.25, 0.3) is 0 Å². The lowest BCUT2D eigenvalue weighted by molar-refractivity contribution is 0.716. The molecule has 1 heteroatoms. The van der Waals surface area contributed by atoms with Crippen molar-refractivity contribution in [2.75, 3.05) is 11.5 Å². The van der Waals surface area contributed by atoms with E-state index in [9.17, 15) is 0 Å². The van der Waals surface area contributed by atoms with Crippen LogP contribution >= 0.6 is 0 Å². The average molecular weight is 159 g/mol. The molecule has 1 fully saturated rings. The van der Waals surface area contributed by atoms with Crippen molar-refractivity contribution >= 4 is 10.9 Å². The van der Waals surface area contributed by atoms with Crippen LogP contribution < -0.4 is 0 Å². The van der Waals surface area contributed by atoms with Crippen LogP contribution in [0.3, 0.4) is 0 Å². The molecule has 0 N–H and O–H groups in total. The Hall–Kier alpha value is 0.350. The van der Waals surface area contributed by atoms with Gasteiger partial charge in [0.15, 0.2) is 0 Å². The fraction of sp³-hybridized carbons (Fsp3) is 1.00. The summed E-state index contributed by atoms with van der Waals surface area (Å²) in [6, 6.07) is 0.